The smallest absolute Gasteiger partial charge is 0.340 e. The fourth-order valence-corrected chi connectivity index (χ4v) is 3.94. The zero-order chi connectivity index (χ0) is 23.3. The summed E-state index contributed by atoms with van der Waals surface area (Å²) in [6.45, 7) is 4.33. The maximum absolute atomic E-state index is 12.5. The Kier molecular flexibility index (Phi) is 7.75. The van der Waals surface area contributed by atoms with E-state index in [1.54, 1.807) is 36.4 Å². The first-order valence-electron chi connectivity index (χ1n) is 10.9. The molecule has 7 heteroatoms. The van der Waals surface area contributed by atoms with E-state index in [9.17, 15) is 14.7 Å². The van der Waals surface area contributed by atoms with Gasteiger partial charge in [-0.15, -0.1) is 0 Å². The summed E-state index contributed by atoms with van der Waals surface area (Å²) >= 11 is 0. The molecule has 0 bridgehead atoms. The molecule has 0 saturated heterocycles. The minimum atomic E-state index is -1.08. The molecular weight excluding hydrogens is 408 g/mol. The van der Waals surface area contributed by atoms with Crippen molar-refractivity contribution in [3.8, 4) is 0 Å². The molecule has 0 aliphatic rings. The van der Waals surface area contributed by atoms with Gasteiger partial charge in [0.15, 0.2) is 0 Å². The van der Waals surface area contributed by atoms with E-state index in [4.69, 9.17) is 9.47 Å². The second kappa shape index (κ2) is 10.5. The molecule has 0 radical (unpaired) electrons. The molecule has 1 N–H and O–H groups in total. The third-order valence-electron chi connectivity index (χ3n) is 5.68. The molecule has 3 rings (SSSR count). The lowest BCUT2D eigenvalue weighted by atomic mass is 9.89. The monoisotopic (exact) mass is 438 g/mol. The number of aliphatic hydroxyl groups excluding tert-OH is 1. The van der Waals surface area contributed by atoms with Crippen LogP contribution in [0.15, 0.2) is 36.4 Å². The van der Waals surface area contributed by atoms with Crippen molar-refractivity contribution < 1.29 is 24.2 Å². The van der Waals surface area contributed by atoms with E-state index in [0.29, 0.717) is 45.5 Å². The lowest BCUT2D eigenvalue weighted by molar-refractivity contribution is -0.150. The lowest BCUT2D eigenvalue weighted by Crippen LogP contribution is -2.24. The average Bonchev–Trinajstić information content (AvgIpc) is 2.80. The second-order valence-corrected chi connectivity index (χ2v) is 8.36. The molecule has 1 heterocycles. The molecule has 2 aromatic carbocycles. The molecule has 1 aromatic heterocycles. The van der Waals surface area contributed by atoms with Gasteiger partial charge in [0.1, 0.15) is 5.52 Å². The van der Waals surface area contributed by atoms with E-state index in [1.165, 1.54) is 14.2 Å². The first-order valence-corrected chi connectivity index (χ1v) is 10.9. The van der Waals surface area contributed by atoms with E-state index in [2.05, 4.69) is 23.8 Å². The summed E-state index contributed by atoms with van der Waals surface area (Å²) in [6.07, 6.45) is 2.30. The molecule has 170 valence electrons. The van der Waals surface area contributed by atoms with Gasteiger partial charge in [-0.05, 0) is 30.5 Å². The largest absolute Gasteiger partial charge is 0.469 e. The van der Waals surface area contributed by atoms with Crippen LogP contribution in [-0.2, 0) is 14.3 Å². The van der Waals surface area contributed by atoms with Crippen LogP contribution in [-0.4, -0.2) is 41.2 Å². The number of rotatable bonds is 9. The van der Waals surface area contributed by atoms with Gasteiger partial charge in [0.05, 0.1) is 48.4 Å². The fourth-order valence-electron chi connectivity index (χ4n) is 3.94. The van der Waals surface area contributed by atoms with Crippen LogP contribution in [0.2, 0.25) is 0 Å². The molecule has 0 fully saturated rings. The van der Waals surface area contributed by atoms with Gasteiger partial charge >= 0.3 is 11.9 Å². The number of methoxy groups -OCH3 is 2. The Morgan fingerprint density at radius 2 is 1.53 bits per heavy atom. The predicted molar refractivity (Wildman–Crippen MR) is 122 cm³/mol. The van der Waals surface area contributed by atoms with E-state index in [0.717, 1.165) is 19.3 Å². The fraction of sp³-hybridized carbons (Fsp3) is 0.440. The van der Waals surface area contributed by atoms with Crippen LogP contribution < -0.4 is 0 Å². The lowest BCUT2D eigenvalue weighted by Gasteiger charge is -2.22. The Labute approximate surface area is 187 Å². The Balaban J connectivity index is 2.01. The van der Waals surface area contributed by atoms with Gasteiger partial charge in [-0.2, -0.15) is 0 Å². The zero-order valence-corrected chi connectivity index (χ0v) is 19.0. The van der Waals surface area contributed by atoms with Crippen LogP contribution in [0.4, 0.5) is 0 Å². The van der Waals surface area contributed by atoms with E-state index < -0.39 is 24.0 Å². The number of para-hydroxylation sites is 2. The normalized spacial score (nSPS) is 13.3. The van der Waals surface area contributed by atoms with E-state index in [1.807, 2.05) is 0 Å². The number of aliphatic hydroxyl groups is 1. The van der Waals surface area contributed by atoms with E-state index in [-0.39, 0.29) is 0 Å². The number of aromatic nitrogens is 2. The van der Waals surface area contributed by atoms with Gasteiger partial charge in [0, 0.05) is 5.56 Å². The van der Waals surface area contributed by atoms with Crippen molar-refractivity contribution in [3.63, 3.8) is 0 Å². The van der Waals surface area contributed by atoms with Gasteiger partial charge in [-0.3, -0.25) is 4.79 Å². The molecule has 2 atom stereocenters. The highest BCUT2D eigenvalue weighted by Crippen LogP contribution is 2.32. The van der Waals surface area contributed by atoms with Gasteiger partial charge < -0.3 is 14.6 Å². The molecule has 2 unspecified atom stereocenters. The van der Waals surface area contributed by atoms with Crippen molar-refractivity contribution in [2.24, 2.45) is 11.8 Å². The van der Waals surface area contributed by atoms with Crippen molar-refractivity contribution >= 4 is 34.0 Å². The Morgan fingerprint density at radius 3 is 2.19 bits per heavy atom. The van der Waals surface area contributed by atoms with Gasteiger partial charge in [-0.1, -0.05) is 51.3 Å². The summed E-state index contributed by atoms with van der Waals surface area (Å²) in [7, 11) is 2.65. The van der Waals surface area contributed by atoms with Crippen LogP contribution in [0.1, 0.15) is 61.6 Å². The molecule has 0 amide bonds. The van der Waals surface area contributed by atoms with Crippen LogP contribution >= 0.6 is 0 Å². The number of carbonyl (C=O) groups excluding carboxylic acids is 2. The van der Waals surface area contributed by atoms with Crippen molar-refractivity contribution in [2.45, 2.75) is 45.6 Å². The third kappa shape index (κ3) is 5.05. The highest BCUT2D eigenvalue weighted by atomic mass is 16.5. The van der Waals surface area contributed by atoms with Crippen LogP contribution in [0.3, 0.4) is 0 Å². The summed E-state index contributed by atoms with van der Waals surface area (Å²) in [5.74, 6) is -1.04. The van der Waals surface area contributed by atoms with Crippen molar-refractivity contribution in [1.29, 1.82) is 0 Å². The Hall–Kier alpha value is -3.06. The molecule has 32 heavy (non-hydrogen) atoms. The summed E-state index contributed by atoms with van der Waals surface area (Å²) in [5.41, 5.74) is 2.78. The maximum atomic E-state index is 12.5. The summed E-state index contributed by atoms with van der Waals surface area (Å²) in [5, 5.41) is 11.2. The number of ether oxygens (including phenoxy) is 2. The predicted octanol–water partition coefficient (Wildman–Crippen LogP) is 4.61. The molecule has 0 spiro atoms. The number of hydrogen-bond donors (Lipinski definition) is 1. The maximum Gasteiger partial charge on any atom is 0.340 e. The molecule has 0 saturated carbocycles. The van der Waals surface area contributed by atoms with Gasteiger partial charge in [0.25, 0.3) is 0 Å². The third-order valence-corrected chi connectivity index (χ3v) is 5.68. The molecule has 0 aliphatic carbocycles. The van der Waals surface area contributed by atoms with Crippen molar-refractivity contribution in [1.82, 2.24) is 9.97 Å². The SMILES string of the molecule is COC(=O)c1cccc2nc3c(C(O)C(CCCCC(C)C)C(=O)OC)cccc3nc12. The summed E-state index contributed by atoms with van der Waals surface area (Å²) in [6, 6.07) is 10.4. The number of hydrogen-bond acceptors (Lipinski definition) is 7. The number of nitrogens with zero attached hydrogens (tertiary/aromatic N) is 2. The summed E-state index contributed by atoms with van der Waals surface area (Å²) in [4.78, 5) is 33.9. The van der Waals surface area contributed by atoms with Crippen molar-refractivity contribution in [3.05, 3.63) is 47.5 Å². The number of carbonyl (C=O) groups is 2. The van der Waals surface area contributed by atoms with Crippen LogP contribution in [0.25, 0.3) is 22.1 Å². The Bertz CT molecular complexity index is 1110. The molecule has 3 aromatic rings. The number of fused-ring (bicyclic) bond motifs is 2. The highest BCUT2D eigenvalue weighted by Gasteiger charge is 2.30. The molecule has 7 nitrogen and oxygen atoms in total. The topological polar surface area (TPSA) is 98.6 Å². The van der Waals surface area contributed by atoms with Gasteiger partial charge in [0.2, 0.25) is 0 Å². The first kappa shape index (κ1) is 23.6. The minimum Gasteiger partial charge on any atom is -0.469 e. The van der Waals surface area contributed by atoms with Crippen LogP contribution in [0, 0.1) is 11.8 Å². The van der Waals surface area contributed by atoms with Crippen molar-refractivity contribution in [2.75, 3.05) is 14.2 Å². The number of benzene rings is 2. The molecule has 0 aliphatic heterocycles. The first-order chi connectivity index (χ1) is 15.4. The number of unbranched alkanes of at least 4 members (excludes halogenated alkanes) is 1. The highest BCUT2D eigenvalue weighted by molar-refractivity contribution is 6.03. The van der Waals surface area contributed by atoms with Crippen LogP contribution in [0.5, 0.6) is 0 Å². The standard InChI is InChI=1S/C25H30N2O5/c1-15(2)9-5-6-10-18(25(30)32-4)23(28)16-11-7-13-19-21(16)26-20-14-8-12-17(22(20)27-19)24(29)31-3/h7-8,11-15,18,23,28H,5-6,9-10H2,1-4H3. The quantitative estimate of drug-likeness (QED) is 0.296. The van der Waals surface area contributed by atoms with E-state index >= 15 is 0 Å². The number of esters is 2. The Morgan fingerprint density at radius 1 is 0.906 bits per heavy atom. The minimum absolute atomic E-state index is 0.322. The van der Waals surface area contributed by atoms with Gasteiger partial charge in [-0.25, -0.2) is 14.8 Å². The molecular formula is C25H30N2O5. The second-order valence-electron chi connectivity index (χ2n) is 8.36. The zero-order valence-electron chi connectivity index (χ0n) is 19.0. The average molecular weight is 439 g/mol. The summed E-state index contributed by atoms with van der Waals surface area (Å²) < 4.78 is 9.84.